The van der Waals surface area contributed by atoms with E-state index in [0.717, 1.165) is 16.5 Å². The molecule has 4 rings (SSSR count). The third kappa shape index (κ3) is 2.57. The molecule has 0 saturated carbocycles. The maximum atomic E-state index is 12.4. The molecule has 0 bridgehead atoms. The van der Waals surface area contributed by atoms with Gasteiger partial charge < -0.3 is 9.73 Å². The van der Waals surface area contributed by atoms with Gasteiger partial charge in [0.15, 0.2) is 5.69 Å². The molecule has 0 saturated heterocycles. The zero-order valence-corrected chi connectivity index (χ0v) is 13.5. The normalized spacial score (nSPS) is 11.1. The minimum atomic E-state index is -0.535. The number of carbonyl (C=O) groups is 1. The molecule has 0 fully saturated rings. The van der Waals surface area contributed by atoms with Crippen molar-refractivity contribution in [1.29, 1.82) is 0 Å². The molecular formula is C19H15N3O3. The second-order valence-electron chi connectivity index (χ2n) is 5.78. The van der Waals surface area contributed by atoms with Crippen molar-refractivity contribution in [3.05, 3.63) is 75.8 Å². The quantitative estimate of drug-likeness (QED) is 0.603. The first-order valence-corrected chi connectivity index (χ1v) is 7.88. The lowest BCUT2D eigenvalue weighted by molar-refractivity contribution is 0.0941. The molecule has 0 radical (unpaired) electrons. The van der Waals surface area contributed by atoms with Gasteiger partial charge in [0.25, 0.3) is 5.91 Å². The molecule has 0 unspecified atom stereocenters. The van der Waals surface area contributed by atoms with Crippen molar-refractivity contribution in [2.24, 2.45) is 0 Å². The highest BCUT2D eigenvalue weighted by Gasteiger charge is 2.16. The molecule has 6 nitrogen and oxygen atoms in total. The molecule has 2 heterocycles. The smallest absolute Gasteiger partial charge is 0.276 e. The Morgan fingerprint density at radius 3 is 2.64 bits per heavy atom. The number of amides is 1. The maximum absolute atomic E-state index is 12.4. The average molecular weight is 333 g/mol. The van der Waals surface area contributed by atoms with Crippen LogP contribution in [0.3, 0.4) is 0 Å². The summed E-state index contributed by atoms with van der Waals surface area (Å²) in [5, 5.41) is 10.8. The molecule has 4 aromatic rings. The summed E-state index contributed by atoms with van der Waals surface area (Å²) in [5.41, 5.74) is 1.78. The zero-order chi connectivity index (χ0) is 17.4. The molecule has 0 atom stereocenters. The first-order chi connectivity index (χ1) is 12.1. The van der Waals surface area contributed by atoms with Gasteiger partial charge in [-0.1, -0.05) is 30.3 Å². The van der Waals surface area contributed by atoms with Crippen LogP contribution in [0.2, 0.25) is 0 Å². The number of hydrogen-bond donors (Lipinski definition) is 2. The second kappa shape index (κ2) is 5.90. The first kappa shape index (κ1) is 15.1. The summed E-state index contributed by atoms with van der Waals surface area (Å²) in [4.78, 5) is 24.8. The number of nitrogens with zero attached hydrogens (tertiary/aromatic N) is 1. The van der Waals surface area contributed by atoms with Gasteiger partial charge in [0, 0.05) is 16.3 Å². The van der Waals surface area contributed by atoms with E-state index in [2.05, 4.69) is 15.5 Å². The third-order valence-corrected chi connectivity index (χ3v) is 4.24. The summed E-state index contributed by atoms with van der Waals surface area (Å²) in [6, 6.07) is 14.6. The van der Waals surface area contributed by atoms with Crippen LogP contribution in [0.15, 0.2) is 57.7 Å². The molecule has 124 valence electrons. The van der Waals surface area contributed by atoms with Crippen molar-refractivity contribution in [2.75, 3.05) is 0 Å². The molecule has 25 heavy (non-hydrogen) atoms. The molecule has 6 heteroatoms. The fourth-order valence-electron chi connectivity index (χ4n) is 2.86. The number of furan rings is 1. The molecule has 2 aromatic carbocycles. The van der Waals surface area contributed by atoms with Crippen LogP contribution in [0, 0.1) is 6.92 Å². The molecule has 2 N–H and O–H groups in total. The number of fused-ring (bicyclic) bond motifs is 2. The van der Waals surface area contributed by atoms with Crippen molar-refractivity contribution in [2.45, 2.75) is 13.5 Å². The van der Waals surface area contributed by atoms with Crippen LogP contribution in [0.5, 0.6) is 0 Å². The Morgan fingerprint density at radius 2 is 1.84 bits per heavy atom. The van der Waals surface area contributed by atoms with Crippen LogP contribution in [0.1, 0.15) is 21.8 Å². The highest BCUT2D eigenvalue weighted by molar-refractivity contribution is 5.95. The van der Waals surface area contributed by atoms with Gasteiger partial charge in [-0.25, -0.2) is 0 Å². The van der Waals surface area contributed by atoms with Crippen LogP contribution in [-0.2, 0) is 6.54 Å². The van der Waals surface area contributed by atoms with Gasteiger partial charge in [0.1, 0.15) is 11.3 Å². The average Bonchev–Trinajstić information content (AvgIpc) is 2.96. The van der Waals surface area contributed by atoms with Gasteiger partial charge in [-0.3, -0.25) is 14.7 Å². The Kier molecular flexibility index (Phi) is 3.57. The summed E-state index contributed by atoms with van der Waals surface area (Å²) in [7, 11) is 0. The van der Waals surface area contributed by atoms with Gasteiger partial charge in [-0.15, -0.1) is 0 Å². The number of para-hydroxylation sites is 2. The standard InChI is InChI=1S/C19H15N3O3/c1-11-12-6-3-5-9-15(12)25-16(11)10-20-19(24)17-18(23)13-7-2-4-8-14(13)21-22-17/h2-9H,10H2,1H3,(H,20,24)(H,21,23). The van der Waals surface area contributed by atoms with Crippen molar-refractivity contribution in [3.63, 3.8) is 0 Å². The number of hydrogen-bond acceptors (Lipinski definition) is 4. The van der Waals surface area contributed by atoms with Gasteiger partial charge in [-0.05, 0) is 25.1 Å². The lowest BCUT2D eigenvalue weighted by Crippen LogP contribution is -2.30. The SMILES string of the molecule is Cc1c(CNC(=O)c2n[nH]c3ccccc3c2=O)oc2ccccc12. The van der Waals surface area contributed by atoms with Crippen LogP contribution in [-0.4, -0.2) is 16.1 Å². The predicted molar refractivity (Wildman–Crippen MR) is 94.5 cm³/mol. The van der Waals surface area contributed by atoms with E-state index in [0.29, 0.717) is 16.7 Å². The molecular weight excluding hydrogens is 318 g/mol. The topological polar surface area (TPSA) is 88.0 Å². The number of carbonyl (C=O) groups excluding carboxylic acids is 1. The molecule has 1 amide bonds. The Balaban J connectivity index is 1.61. The highest BCUT2D eigenvalue weighted by Crippen LogP contribution is 2.24. The van der Waals surface area contributed by atoms with Crippen molar-refractivity contribution >= 4 is 27.8 Å². The largest absolute Gasteiger partial charge is 0.459 e. The van der Waals surface area contributed by atoms with E-state index in [1.165, 1.54) is 0 Å². The number of benzene rings is 2. The Bertz CT molecular complexity index is 1160. The Labute approximate surface area is 142 Å². The van der Waals surface area contributed by atoms with Crippen LogP contribution in [0.25, 0.3) is 21.9 Å². The van der Waals surface area contributed by atoms with E-state index in [1.54, 1.807) is 24.3 Å². The molecule has 0 aliphatic heterocycles. The fourth-order valence-corrected chi connectivity index (χ4v) is 2.86. The first-order valence-electron chi connectivity index (χ1n) is 7.88. The third-order valence-electron chi connectivity index (χ3n) is 4.24. The lowest BCUT2D eigenvalue weighted by Gasteiger charge is -2.04. The van der Waals surface area contributed by atoms with E-state index in [4.69, 9.17) is 4.42 Å². The summed E-state index contributed by atoms with van der Waals surface area (Å²) in [5.74, 6) is 0.124. The second-order valence-corrected chi connectivity index (χ2v) is 5.78. The predicted octanol–water partition coefficient (Wildman–Crippen LogP) is 2.91. The molecule has 0 aliphatic carbocycles. The van der Waals surface area contributed by atoms with Crippen LogP contribution in [0.4, 0.5) is 0 Å². The van der Waals surface area contributed by atoms with Gasteiger partial charge in [-0.2, -0.15) is 5.10 Å². The van der Waals surface area contributed by atoms with Crippen molar-refractivity contribution in [1.82, 2.24) is 15.5 Å². The lowest BCUT2D eigenvalue weighted by atomic mass is 10.1. The summed E-state index contributed by atoms with van der Waals surface area (Å²) >= 11 is 0. The monoisotopic (exact) mass is 333 g/mol. The van der Waals surface area contributed by atoms with E-state index >= 15 is 0 Å². The number of aromatic amines is 1. The van der Waals surface area contributed by atoms with Crippen LogP contribution >= 0.6 is 0 Å². The van der Waals surface area contributed by atoms with Crippen molar-refractivity contribution < 1.29 is 9.21 Å². The van der Waals surface area contributed by atoms with E-state index < -0.39 is 11.3 Å². The van der Waals surface area contributed by atoms with E-state index in [1.807, 2.05) is 31.2 Å². The zero-order valence-electron chi connectivity index (χ0n) is 13.5. The minimum absolute atomic E-state index is 0.160. The number of nitrogens with one attached hydrogen (secondary N) is 2. The number of rotatable bonds is 3. The van der Waals surface area contributed by atoms with E-state index in [-0.39, 0.29) is 12.2 Å². The number of aromatic nitrogens is 2. The highest BCUT2D eigenvalue weighted by atomic mass is 16.3. The molecule has 0 aliphatic rings. The fraction of sp³-hybridized carbons (Fsp3) is 0.105. The number of H-pyrrole nitrogens is 1. The number of aryl methyl sites for hydroxylation is 1. The van der Waals surface area contributed by atoms with Crippen LogP contribution < -0.4 is 10.7 Å². The Morgan fingerprint density at radius 1 is 1.12 bits per heavy atom. The molecule has 2 aromatic heterocycles. The van der Waals surface area contributed by atoms with Gasteiger partial charge in [0.05, 0.1) is 12.1 Å². The van der Waals surface area contributed by atoms with Gasteiger partial charge in [0.2, 0.25) is 5.43 Å². The Hall–Kier alpha value is -3.41. The summed E-state index contributed by atoms with van der Waals surface area (Å²) in [6.45, 7) is 2.13. The minimum Gasteiger partial charge on any atom is -0.459 e. The summed E-state index contributed by atoms with van der Waals surface area (Å²) < 4.78 is 5.76. The maximum Gasteiger partial charge on any atom is 0.276 e. The molecule has 0 spiro atoms. The van der Waals surface area contributed by atoms with Crippen molar-refractivity contribution in [3.8, 4) is 0 Å². The van der Waals surface area contributed by atoms with Gasteiger partial charge >= 0.3 is 0 Å². The summed E-state index contributed by atoms with van der Waals surface area (Å²) in [6.07, 6.45) is 0. The van der Waals surface area contributed by atoms with E-state index in [9.17, 15) is 9.59 Å².